The second-order valence-electron chi connectivity index (χ2n) is 17.4. The number of thiophene rings is 1. The molecular weight excluding hydrogens is 805 g/mol. The van der Waals surface area contributed by atoms with E-state index in [4.69, 9.17) is 0 Å². The Balaban J connectivity index is 1.11. The zero-order chi connectivity index (χ0) is 42.2. The average molecular weight is 847 g/mol. The molecule has 2 heteroatoms. The van der Waals surface area contributed by atoms with Gasteiger partial charge in [0.15, 0.2) is 8.07 Å². The summed E-state index contributed by atoms with van der Waals surface area (Å²) in [5.74, 6) is 0.140. The van der Waals surface area contributed by atoms with Crippen LogP contribution < -0.4 is 20.7 Å². The van der Waals surface area contributed by atoms with Gasteiger partial charge in [0, 0.05) is 37.6 Å². The minimum Gasteiger partial charge on any atom is -0.135 e. The first-order valence-corrected chi connectivity index (χ1v) is 25.2. The van der Waals surface area contributed by atoms with Crippen molar-refractivity contribution in [1.29, 1.82) is 0 Å². The van der Waals surface area contributed by atoms with Crippen molar-refractivity contribution in [3.8, 4) is 33.4 Å². The predicted molar refractivity (Wildman–Crippen MR) is 274 cm³/mol. The fourth-order valence-electron chi connectivity index (χ4n) is 11.7. The van der Waals surface area contributed by atoms with Crippen molar-refractivity contribution in [1.82, 2.24) is 0 Å². The Morgan fingerprint density at radius 1 is 0.312 bits per heavy atom. The molecule has 0 amide bonds. The van der Waals surface area contributed by atoms with Crippen LogP contribution in [0.5, 0.6) is 0 Å². The van der Waals surface area contributed by atoms with Crippen LogP contribution in [0.4, 0.5) is 0 Å². The van der Waals surface area contributed by atoms with E-state index in [1.165, 1.54) is 108 Å². The lowest BCUT2D eigenvalue weighted by Gasteiger charge is -2.47. The maximum Gasteiger partial charge on any atom is 0.179 e. The van der Waals surface area contributed by atoms with Crippen molar-refractivity contribution < 1.29 is 0 Å². The lowest BCUT2D eigenvalue weighted by Crippen LogP contribution is -2.75. The van der Waals surface area contributed by atoms with E-state index in [0.717, 1.165) is 0 Å². The highest BCUT2D eigenvalue weighted by Crippen LogP contribution is 2.58. The van der Waals surface area contributed by atoms with Crippen LogP contribution in [0.2, 0.25) is 0 Å². The first kappa shape index (κ1) is 37.2. The molecule has 3 aliphatic rings. The zero-order valence-electron chi connectivity index (χ0n) is 35.2. The molecule has 2 atom stereocenters. The molecule has 0 nitrogen and oxygen atoms in total. The summed E-state index contributed by atoms with van der Waals surface area (Å²) in [6, 6.07) is 92.2. The minimum atomic E-state index is -3.03. The molecule has 0 aliphatic heterocycles. The molecular formula is C62H42SSi. The Morgan fingerprint density at radius 3 is 1.55 bits per heavy atom. The molecule has 0 radical (unpaired) electrons. The van der Waals surface area contributed by atoms with Crippen LogP contribution in [0.15, 0.2) is 243 Å². The Hall–Kier alpha value is -7.36. The fourth-order valence-corrected chi connectivity index (χ4v) is 18.0. The monoisotopic (exact) mass is 846 g/mol. The number of hydrogen-bond acceptors (Lipinski definition) is 1. The van der Waals surface area contributed by atoms with Gasteiger partial charge in [0.25, 0.3) is 0 Å². The summed E-state index contributed by atoms with van der Waals surface area (Å²) in [5.41, 5.74) is 16.4. The summed E-state index contributed by atoms with van der Waals surface area (Å²) < 4.78 is 2.68. The van der Waals surface area contributed by atoms with Crippen LogP contribution in [0, 0.1) is 0 Å². The third kappa shape index (κ3) is 5.46. The van der Waals surface area contributed by atoms with Gasteiger partial charge in [-0.15, -0.1) is 11.3 Å². The highest BCUT2D eigenvalue weighted by Gasteiger charge is 2.50. The van der Waals surface area contributed by atoms with Gasteiger partial charge in [-0.05, 0) is 88.0 Å². The van der Waals surface area contributed by atoms with E-state index in [1.807, 2.05) is 11.3 Å². The van der Waals surface area contributed by atoms with Gasteiger partial charge in [0.05, 0.1) is 0 Å². The van der Waals surface area contributed by atoms with Crippen molar-refractivity contribution >= 4 is 60.3 Å². The van der Waals surface area contributed by atoms with Crippen molar-refractivity contribution in [3.05, 3.63) is 276 Å². The molecule has 0 fully saturated rings. The number of hydrogen-bond donors (Lipinski definition) is 0. The second kappa shape index (κ2) is 14.9. The molecule has 0 saturated heterocycles. The molecule has 11 aromatic rings. The normalized spacial score (nSPS) is 14.9. The zero-order valence-corrected chi connectivity index (χ0v) is 37.0. The van der Waals surface area contributed by atoms with Gasteiger partial charge in [0.1, 0.15) is 0 Å². The largest absolute Gasteiger partial charge is 0.179 e. The lowest BCUT2D eigenvalue weighted by molar-refractivity contribution is 0.760. The smallest absolute Gasteiger partial charge is 0.135 e. The maximum atomic E-state index is 2.52. The molecule has 2 bridgehead atoms. The molecule has 14 rings (SSSR count). The van der Waals surface area contributed by atoms with Gasteiger partial charge in [0.2, 0.25) is 0 Å². The second-order valence-corrected chi connectivity index (χ2v) is 22.2. The summed E-state index contributed by atoms with van der Waals surface area (Å²) in [6.45, 7) is 0. The number of fused-ring (bicyclic) bond motifs is 3. The third-order valence-electron chi connectivity index (χ3n) is 14.2. The van der Waals surface area contributed by atoms with E-state index < -0.39 is 8.07 Å². The van der Waals surface area contributed by atoms with Gasteiger partial charge in [-0.2, -0.15) is 0 Å². The van der Waals surface area contributed by atoms with Crippen LogP contribution in [0.3, 0.4) is 0 Å². The third-order valence-corrected chi connectivity index (χ3v) is 20.3. The minimum absolute atomic E-state index is 0.0309. The van der Waals surface area contributed by atoms with Crippen LogP contribution in [0.1, 0.15) is 45.2 Å². The summed E-state index contributed by atoms with van der Waals surface area (Å²) in [7, 11) is -3.03. The Bertz CT molecular complexity index is 3530. The van der Waals surface area contributed by atoms with Crippen LogP contribution in [0.25, 0.3) is 53.6 Å². The molecule has 64 heavy (non-hydrogen) atoms. The van der Waals surface area contributed by atoms with Crippen molar-refractivity contribution in [2.24, 2.45) is 0 Å². The molecule has 3 aliphatic carbocycles. The topological polar surface area (TPSA) is 0 Å². The van der Waals surface area contributed by atoms with E-state index in [2.05, 4.69) is 243 Å². The van der Waals surface area contributed by atoms with Gasteiger partial charge in [-0.25, -0.2) is 0 Å². The predicted octanol–water partition coefficient (Wildman–Crippen LogP) is 13.4. The van der Waals surface area contributed by atoms with Crippen LogP contribution in [-0.4, -0.2) is 8.07 Å². The van der Waals surface area contributed by atoms with E-state index in [-0.39, 0.29) is 11.8 Å². The molecule has 10 aromatic carbocycles. The van der Waals surface area contributed by atoms with Gasteiger partial charge in [-0.1, -0.05) is 237 Å². The van der Waals surface area contributed by atoms with Crippen molar-refractivity contribution in [2.75, 3.05) is 0 Å². The average Bonchev–Trinajstić information content (AvgIpc) is 3.76. The first-order valence-electron chi connectivity index (χ1n) is 22.4. The van der Waals surface area contributed by atoms with Crippen LogP contribution in [-0.2, 0) is 0 Å². The van der Waals surface area contributed by atoms with E-state index in [1.54, 1.807) is 0 Å². The van der Waals surface area contributed by atoms with Gasteiger partial charge < -0.3 is 0 Å². The quantitative estimate of drug-likeness (QED) is 0.111. The molecule has 1 heterocycles. The Kier molecular flexibility index (Phi) is 8.65. The first-order chi connectivity index (χ1) is 31.8. The Morgan fingerprint density at radius 2 is 0.797 bits per heavy atom. The molecule has 0 N–H and O–H groups in total. The van der Waals surface area contributed by atoms with Gasteiger partial charge in [-0.3, -0.25) is 0 Å². The van der Waals surface area contributed by atoms with Crippen molar-refractivity contribution in [2.45, 2.75) is 11.8 Å². The van der Waals surface area contributed by atoms with E-state index >= 15 is 0 Å². The van der Waals surface area contributed by atoms with E-state index in [9.17, 15) is 0 Å². The molecule has 2 unspecified atom stereocenters. The summed E-state index contributed by atoms with van der Waals surface area (Å²) >= 11 is 1.91. The van der Waals surface area contributed by atoms with Crippen molar-refractivity contribution in [3.63, 3.8) is 0 Å². The summed E-state index contributed by atoms with van der Waals surface area (Å²) in [4.78, 5) is 0. The number of benzene rings is 10. The highest BCUT2D eigenvalue weighted by atomic mass is 32.1. The number of rotatable bonds is 7. The highest BCUT2D eigenvalue weighted by molar-refractivity contribution is 7.26. The Labute approximate surface area is 379 Å². The molecule has 0 saturated carbocycles. The summed E-state index contributed by atoms with van der Waals surface area (Å²) in [6.07, 6.45) is 0. The fraction of sp³-hybridized carbons (Fsp3) is 0.0323. The maximum absolute atomic E-state index is 3.03. The SMILES string of the molecule is c1ccc(-c2cccc([Si](c3ccccc3)(c3ccccc3)c3cccc4c3C3c5ccccc5C4c4cccc(-c5ccccc5-c5cccc6c5sc5ccccc56)c43)c2)cc1. The molecule has 1 aromatic heterocycles. The van der Waals surface area contributed by atoms with Gasteiger partial charge >= 0.3 is 0 Å². The molecule has 300 valence electrons. The van der Waals surface area contributed by atoms with Crippen LogP contribution >= 0.6 is 11.3 Å². The van der Waals surface area contributed by atoms with E-state index in [0.29, 0.717) is 0 Å². The summed E-state index contributed by atoms with van der Waals surface area (Å²) in [5, 5.41) is 8.31. The molecule has 0 spiro atoms. The lowest BCUT2D eigenvalue weighted by atomic mass is 9.60. The standard InChI is InChI=1S/C62H42SSi/c1-4-20-41(21-5-1)42-22-16-27-45(40-42)64(43-23-6-2-7-24-43,44-25-8-3-9-26-44)57-39-19-37-55-58-50-31-12-13-32-51(50)61(60(55)57)59-49(33-17-36-54(58)59)46-28-10-11-29-47(46)52-34-18-35-53-48-30-14-15-38-56(48)63-62(52)53/h1-40,58,61H.